The molecule has 1 N–H and O–H groups in total. The summed E-state index contributed by atoms with van der Waals surface area (Å²) in [6, 6.07) is 3.36. The number of rotatable bonds is 4. The van der Waals surface area contributed by atoms with E-state index in [0.717, 1.165) is 5.56 Å². The van der Waals surface area contributed by atoms with E-state index >= 15 is 0 Å². The van der Waals surface area contributed by atoms with Gasteiger partial charge >= 0.3 is 16.2 Å². The highest BCUT2D eigenvalue weighted by molar-refractivity contribution is 7.86. The molecule has 0 heterocycles. The third kappa shape index (κ3) is 4.69. The second kappa shape index (κ2) is 6.23. The van der Waals surface area contributed by atoms with Gasteiger partial charge in [-0.3, -0.25) is 0 Å². The number of nitrogens with zero attached hydrogens (tertiary/aromatic N) is 1. The number of carboxylic acid groups (broad SMARTS) is 1. The Balaban J connectivity index is 3.22. The first-order valence-corrected chi connectivity index (χ1v) is 7.99. The zero-order chi connectivity index (χ0) is 17.3. The highest BCUT2D eigenvalue weighted by atomic mass is 32.2. The predicted octanol–water partition coefficient (Wildman–Crippen LogP) is 2.94. The summed E-state index contributed by atoms with van der Waals surface area (Å²) in [5, 5.41) is 9.01. The molecule has 7 nitrogen and oxygen atoms in total. The molecule has 1 aromatic carbocycles. The van der Waals surface area contributed by atoms with E-state index in [0.29, 0.717) is 11.1 Å². The van der Waals surface area contributed by atoms with Crippen molar-refractivity contribution in [3.63, 3.8) is 0 Å². The Morgan fingerprint density at radius 3 is 1.95 bits per heavy atom. The van der Waals surface area contributed by atoms with Gasteiger partial charge in [-0.1, -0.05) is 17.7 Å². The van der Waals surface area contributed by atoms with Crippen molar-refractivity contribution in [2.24, 2.45) is 0 Å². The van der Waals surface area contributed by atoms with Crippen LogP contribution in [0.3, 0.4) is 0 Å². The zero-order valence-corrected chi connectivity index (χ0v) is 14.3. The zero-order valence-electron chi connectivity index (χ0n) is 13.5. The molecule has 0 spiro atoms. The fraction of sp³-hybridized carbons (Fsp3) is 0.500. The summed E-state index contributed by atoms with van der Waals surface area (Å²) in [6.07, 6.45) is -1.67. The van der Waals surface area contributed by atoms with Crippen LogP contribution in [-0.2, 0) is 19.2 Å². The summed E-state index contributed by atoms with van der Waals surface area (Å²) < 4.78 is 29.4. The van der Waals surface area contributed by atoms with Crippen molar-refractivity contribution in [3.8, 4) is 0 Å². The minimum Gasteiger partial charge on any atom is -0.462 e. The maximum absolute atomic E-state index is 12.4. The van der Waals surface area contributed by atoms with Gasteiger partial charge in [-0.25, -0.2) is 9.63 Å². The van der Waals surface area contributed by atoms with E-state index in [9.17, 15) is 13.2 Å². The van der Waals surface area contributed by atoms with Crippen LogP contribution in [0.2, 0.25) is 0 Å². The highest BCUT2D eigenvalue weighted by Crippen LogP contribution is 2.25. The van der Waals surface area contributed by atoms with Crippen molar-refractivity contribution >= 4 is 16.2 Å². The third-order valence-electron chi connectivity index (χ3n) is 2.53. The molecule has 1 rings (SSSR count). The first kappa shape index (κ1) is 18.4. The van der Waals surface area contributed by atoms with Gasteiger partial charge in [0.2, 0.25) is 0 Å². The molecule has 0 aliphatic heterocycles. The van der Waals surface area contributed by atoms with E-state index in [1.807, 2.05) is 6.92 Å². The number of hydrogen-bond donors (Lipinski definition) is 1. The van der Waals surface area contributed by atoms with Crippen LogP contribution >= 0.6 is 0 Å². The molecule has 8 heteroatoms. The molecule has 0 atom stereocenters. The van der Waals surface area contributed by atoms with Crippen molar-refractivity contribution in [1.82, 2.24) is 5.23 Å². The van der Waals surface area contributed by atoms with Crippen molar-refractivity contribution in [2.75, 3.05) is 0 Å². The van der Waals surface area contributed by atoms with E-state index in [1.165, 1.54) is 0 Å². The van der Waals surface area contributed by atoms with Gasteiger partial charge in [-0.15, -0.1) is 4.28 Å². The van der Waals surface area contributed by atoms with Gasteiger partial charge in [0.1, 0.15) is 4.90 Å². The predicted molar refractivity (Wildman–Crippen MR) is 79.6 cm³/mol. The number of amides is 1. The van der Waals surface area contributed by atoms with Crippen LogP contribution in [0, 0.1) is 20.8 Å². The summed E-state index contributed by atoms with van der Waals surface area (Å²) in [5.41, 5.74) is 0.901. The number of carbonyl (C=O) groups is 1. The fourth-order valence-electron chi connectivity index (χ4n) is 2.02. The second-order valence-electron chi connectivity index (χ2n) is 6.00. The van der Waals surface area contributed by atoms with Crippen LogP contribution in [0.5, 0.6) is 0 Å². The molecule has 0 saturated carbocycles. The van der Waals surface area contributed by atoms with E-state index in [4.69, 9.17) is 9.94 Å². The Labute approximate surface area is 130 Å². The standard InChI is InChI=1S/C14H21NO6S/c1-9-7-10(2)12(11(3)8-9)22(18,19)21-15(13(16)17)20-14(4,5)6/h7-8H,1-6H3,(H,16,17). The van der Waals surface area contributed by atoms with E-state index < -0.39 is 21.8 Å². The van der Waals surface area contributed by atoms with E-state index in [2.05, 4.69) is 4.28 Å². The maximum Gasteiger partial charge on any atom is 0.458 e. The number of hydroxylamine groups is 2. The van der Waals surface area contributed by atoms with Crippen molar-refractivity contribution in [3.05, 3.63) is 28.8 Å². The van der Waals surface area contributed by atoms with Gasteiger partial charge in [0.05, 0.1) is 5.60 Å². The lowest BCUT2D eigenvalue weighted by molar-refractivity contribution is -0.324. The van der Waals surface area contributed by atoms with Gasteiger partial charge in [-0.05, 0) is 57.9 Å². The molecule has 0 fully saturated rings. The second-order valence-corrected chi connectivity index (χ2v) is 7.47. The molecule has 0 aliphatic carbocycles. The lowest BCUT2D eigenvalue weighted by atomic mass is 10.1. The average molecular weight is 331 g/mol. The Hall–Kier alpha value is -1.64. The smallest absolute Gasteiger partial charge is 0.458 e. The normalized spacial score (nSPS) is 12.3. The van der Waals surface area contributed by atoms with E-state index in [1.54, 1.807) is 46.8 Å². The monoisotopic (exact) mass is 331 g/mol. The number of aryl methyl sites for hydroxylation is 3. The molecule has 22 heavy (non-hydrogen) atoms. The lowest BCUT2D eigenvalue weighted by Gasteiger charge is -2.25. The van der Waals surface area contributed by atoms with Crippen LogP contribution in [-0.4, -0.2) is 30.4 Å². The van der Waals surface area contributed by atoms with Gasteiger partial charge in [0.15, 0.2) is 0 Å². The summed E-state index contributed by atoms with van der Waals surface area (Å²) in [5.74, 6) is 0. The summed E-state index contributed by atoms with van der Waals surface area (Å²) in [4.78, 5) is 16.0. The van der Waals surface area contributed by atoms with Gasteiger partial charge in [-0.2, -0.15) is 8.42 Å². The summed E-state index contributed by atoms with van der Waals surface area (Å²) in [6.45, 7) is 9.78. The third-order valence-corrected chi connectivity index (χ3v) is 4.01. The van der Waals surface area contributed by atoms with Crippen LogP contribution in [0.1, 0.15) is 37.5 Å². The number of benzene rings is 1. The topological polar surface area (TPSA) is 93.1 Å². The lowest BCUT2D eigenvalue weighted by Crippen LogP contribution is -2.39. The summed E-state index contributed by atoms with van der Waals surface area (Å²) >= 11 is 0. The SMILES string of the molecule is Cc1cc(C)c(S(=O)(=O)ON(OC(C)(C)C)C(=O)O)c(C)c1. The molecule has 1 aromatic rings. The molecule has 0 radical (unpaired) electrons. The quantitative estimate of drug-likeness (QED) is 0.853. The Morgan fingerprint density at radius 2 is 1.59 bits per heavy atom. The average Bonchev–Trinajstić information content (AvgIpc) is 2.22. The van der Waals surface area contributed by atoms with Gasteiger partial charge < -0.3 is 5.11 Å². The fourth-order valence-corrected chi connectivity index (χ4v) is 3.28. The van der Waals surface area contributed by atoms with Gasteiger partial charge in [0, 0.05) is 0 Å². The summed E-state index contributed by atoms with van der Waals surface area (Å²) in [7, 11) is -4.33. The van der Waals surface area contributed by atoms with Crippen molar-refractivity contribution < 1.29 is 27.4 Å². The van der Waals surface area contributed by atoms with Crippen LogP contribution in [0.25, 0.3) is 0 Å². The Bertz CT molecular complexity index is 652. The molecule has 124 valence electrons. The molecule has 0 unspecified atom stereocenters. The highest BCUT2D eigenvalue weighted by Gasteiger charge is 2.31. The van der Waals surface area contributed by atoms with Crippen molar-refractivity contribution in [1.29, 1.82) is 0 Å². The molecule has 0 aromatic heterocycles. The molecule has 0 saturated heterocycles. The minimum absolute atomic E-state index is 0.0337. The molecule has 0 aliphatic rings. The molecule has 0 bridgehead atoms. The first-order chi connectivity index (χ1) is 9.83. The minimum atomic E-state index is -4.33. The molecular weight excluding hydrogens is 310 g/mol. The van der Waals surface area contributed by atoms with Crippen LogP contribution in [0.15, 0.2) is 17.0 Å². The van der Waals surface area contributed by atoms with Crippen LogP contribution < -0.4 is 0 Å². The van der Waals surface area contributed by atoms with E-state index in [-0.39, 0.29) is 10.1 Å². The Morgan fingerprint density at radius 1 is 1.14 bits per heavy atom. The van der Waals surface area contributed by atoms with Gasteiger partial charge in [0.25, 0.3) is 0 Å². The first-order valence-electron chi connectivity index (χ1n) is 6.58. The molecule has 1 amide bonds. The maximum atomic E-state index is 12.4. The van der Waals surface area contributed by atoms with Crippen molar-refractivity contribution in [2.45, 2.75) is 52.0 Å². The number of hydrogen-bond acceptors (Lipinski definition) is 5. The van der Waals surface area contributed by atoms with Crippen LogP contribution in [0.4, 0.5) is 4.79 Å². The Kier molecular flexibility index (Phi) is 5.21. The largest absolute Gasteiger partial charge is 0.462 e. The molecular formula is C14H21NO6S.